The Morgan fingerprint density at radius 2 is 2.32 bits per heavy atom. The lowest BCUT2D eigenvalue weighted by Crippen LogP contribution is -2.43. The summed E-state index contributed by atoms with van der Waals surface area (Å²) in [6.45, 7) is 11.6. The number of anilines is 1. The third kappa shape index (κ3) is 6.95. The number of pyridine rings is 1. The summed E-state index contributed by atoms with van der Waals surface area (Å²) < 4.78 is 5.96. The molecule has 2 aliphatic rings. The zero-order chi connectivity index (χ0) is 19.1. The summed E-state index contributed by atoms with van der Waals surface area (Å²) in [4.78, 5) is 11.6. The number of nitrogens with one attached hydrogen (secondary N) is 2. The lowest BCUT2D eigenvalue weighted by molar-refractivity contribution is 0.0529. The average molecular weight is 519 g/mol. The Morgan fingerprint density at radius 3 is 3.04 bits per heavy atom. The molecule has 0 amide bonds. The van der Waals surface area contributed by atoms with Crippen LogP contribution in [0.2, 0.25) is 0 Å². The van der Waals surface area contributed by atoms with Crippen LogP contribution in [0, 0.1) is 0 Å². The molecule has 3 rings (SSSR count). The Labute approximate surface area is 190 Å². The number of aromatic nitrogens is 1. The first-order chi connectivity index (χ1) is 13.1. The van der Waals surface area contributed by atoms with Gasteiger partial charge in [0.1, 0.15) is 5.82 Å². The maximum Gasteiger partial charge on any atom is 0.191 e. The van der Waals surface area contributed by atoms with Crippen LogP contribution in [-0.4, -0.2) is 60.3 Å². The van der Waals surface area contributed by atoms with Crippen molar-refractivity contribution in [1.82, 2.24) is 15.6 Å². The number of guanidine groups is 1. The van der Waals surface area contributed by atoms with Crippen molar-refractivity contribution in [3.8, 4) is 0 Å². The molecule has 3 heterocycles. The van der Waals surface area contributed by atoms with E-state index in [1.807, 2.05) is 6.20 Å². The number of nitrogens with zero attached hydrogens (tertiary/aromatic N) is 3. The Hall–Kier alpha value is -0.740. The Balaban J connectivity index is 0.00000280. The van der Waals surface area contributed by atoms with E-state index < -0.39 is 0 Å². The van der Waals surface area contributed by atoms with Gasteiger partial charge in [0, 0.05) is 37.1 Å². The Bertz CT molecular complexity index is 639. The SMILES string of the molecule is CCNC(=NCc1ccnc(N2CCOC(C)C2)c1)NCC1(C)CCCS1.I. The number of hydrogen-bond donors (Lipinski definition) is 2. The molecule has 0 radical (unpaired) electrons. The highest BCUT2D eigenvalue weighted by Gasteiger charge is 2.29. The van der Waals surface area contributed by atoms with Crippen LogP contribution in [0.15, 0.2) is 23.3 Å². The minimum atomic E-state index is 0. The van der Waals surface area contributed by atoms with E-state index in [4.69, 9.17) is 9.73 Å². The molecule has 2 unspecified atom stereocenters. The minimum absolute atomic E-state index is 0. The van der Waals surface area contributed by atoms with E-state index >= 15 is 0 Å². The van der Waals surface area contributed by atoms with Crippen LogP contribution in [0.4, 0.5) is 5.82 Å². The van der Waals surface area contributed by atoms with Gasteiger partial charge in [-0.2, -0.15) is 11.8 Å². The van der Waals surface area contributed by atoms with E-state index in [1.165, 1.54) is 24.2 Å². The second-order valence-electron chi connectivity index (χ2n) is 7.60. The highest BCUT2D eigenvalue weighted by Crippen LogP contribution is 2.36. The first-order valence-electron chi connectivity index (χ1n) is 10.1. The predicted octanol–water partition coefficient (Wildman–Crippen LogP) is 3.27. The molecule has 2 fully saturated rings. The average Bonchev–Trinajstić information content (AvgIpc) is 3.11. The lowest BCUT2D eigenvalue weighted by atomic mass is 10.1. The normalized spacial score (nSPS) is 25.3. The smallest absolute Gasteiger partial charge is 0.191 e. The van der Waals surface area contributed by atoms with E-state index in [0.717, 1.165) is 44.6 Å². The molecule has 1 aromatic rings. The van der Waals surface area contributed by atoms with Crippen molar-refractivity contribution in [2.45, 2.75) is 51.0 Å². The molecule has 0 bridgehead atoms. The van der Waals surface area contributed by atoms with Crippen LogP contribution in [-0.2, 0) is 11.3 Å². The second kappa shape index (κ2) is 11.4. The monoisotopic (exact) mass is 519 g/mol. The number of ether oxygens (including phenoxy) is 1. The number of thioether (sulfide) groups is 1. The summed E-state index contributed by atoms with van der Waals surface area (Å²) in [7, 11) is 0. The highest BCUT2D eigenvalue weighted by molar-refractivity contribution is 14.0. The molecule has 6 nitrogen and oxygen atoms in total. The van der Waals surface area contributed by atoms with Gasteiger partial charge in [-0.1, -0.05) is 0 Å². The maximum absolute atomic E-state index is 5.63. The molecular formula is C20H34IN5OS. The van der Waals surface area contributed by atoms with Crippen LogP contribution in [0.25, 0.3) is 0 Å². The Kier molecular flexibility index (Phi) is 9.62. The fourth-order valence-corrected chi connectivity index (χ4v) is 4.76. The maximum atomic E-state index is 5.63. The number of halogens is 1. The van der Waals surface area contributed by atoms with Gasteiger partial charge in [0.05, 0.1) is 19.3 Å². The summed E-state index contributed by atoms with van der Waals surface area (Å²) in [5, 5.41) is 6.90. The van der Waals surface area contributed by atoms with Gasteiger partial charge in [-0.05, 0) is 57.1 Å². The van der Waals surface area contributed by atoms with E-state index in [2.05, 4.69) is 65.2 Å². The van der Waals surface area contributed by atoms with Gasteiger partial charge in [-0.15, -0.1) is 24.0 Å². The molecule has 0 spiro atoms. The largest absolute Gasteiger partial charge is 0.375 e. The van der Waals surface area contributed by atoms with E-state index in [1.54, 1.807) is 0 Å². The fraction of sp³-hybridized carbons (Fsp3) is 0.700. The standard InChI is InChI=1S/C20H33N5OS.HI/c1-4-21-19(24-15-20(3)7-5-11-27-20)23-13-17-6-8-22-18(12-17)25-9-10-26-16(2)14-25;/h6,8,12,16H,4-5,7,9-11,13-15H2,1-3H3,(H2,21,23,24);1H. The third-order valence-electron chi connectivity index (χ3n) is 5.07. The van der Waals surface area contributed by atoms with Crippen molar-refractivity contribution >= 4 is 47.5 Å². The summed E-state index contributed by atoms with van der Waals surface area (Å²) in [6.07, 6.45) is 4.73. The van der Waals surface area contributed by atoms with Crippen molar-refractivity contribution in [2.24, 2.45) is 4.99 Å². The predicted molar refractivity (Wildman–Crippen MR) is 130 cm³/mol. The second-order valence-corrected chi connectivity index (χ2v) is 9.28. The summed E-state index contributed by atoms with van der Waals surface area (Å²) in [5.74, 6) is 3.18. The molecule has 2 atom stereocenters. The van der Waals surface area contributed by atoms with Gasteiger partial charge in [0.15, 0.2) is 5.96 Å². The van der Waals surface area contributed by atoms with Gasteiger partial charge >= 0.3 is 0 Å². The summed E-state index contributed by atoms with van der Waals surface area (Å²) >= 11 is 2.07. The number of morpholine rings is 1. The molecule has 28 heavy (non-hydrogen) atoms. The first kappa shape index (κ1) is 23.5. The van der Waals surface area contributed by atoms with Crippen LogP contribution in [0.3, 0.4) is 0 Å². The fourth-order valence-electron chi connectivity index (χ4n) is 3.52. The summed E-state index contributed by atoms with van der Waals surface area (Å²) in [5.41, 5.74) is 1.18. The van der Waals surface area contributed by atoms with Gasteiger partial charge in [0.25, 0.3) is 0 Å². The molecule has 158 valence electrons. The van der Waals surface area contributed by atoms with Crippen molar-refractivity contribution in [1.29, 1.82) is 0 Å². The quantitative estimate of drug-likeness (QED) is 0.342. The molecule has 2 aliphatic heterocycles. The third-order valence-corrected chi connectivity index (χ3v) is 6.61. The van der Waals surface area contributed by atoms with Crippen molar-refractivity contribution in [2.75, 3.05) is 43.4 Å². The molecule has 0 aliphatic carbocycles. The van der Waals surface area contributed by atoms with Crippen LogP contribution in [0.1, 0.15) is 39.2 Å². The number of rotatable bonds is 6. The van der Waals surface area contributed by atoms with Gasteiger partial charge in [-0.3, -0.25) is 0 Å². The molecule has 8 heteroatoms. The van der Waals surface area contributed by atoms with Gasteiger partial charge < -0.3 is 20.3 Å². The van der Waals surface area contributed by atoms with Crippen molar-refractivity contribution in [3.05, 3.63) is 23.9 Å². The molecular weight excluding hydrogens is 485 g/mol. The zero-order valence-electron chi connectivity index (χ0n) is 17.2. The minimum Gasteiger partial charge on any atom is -0.375 e. The Morgan fingerprint density at radius 1 is 1.46 bits per heavy atom. The lowest BCUT2D eigenvalue weighted by Gasteiger charge is -2.32. The molecule has 1 aromatic heterocycles. The zero-order valence-corrected chi connectivity index (χ0v) is 20.4. The van der Waals surface area contributed by atoms with Gasteiger partial charge in [-0.25, -0.2) is 9.98 Å². The van der Waals surface area contributed by atoms with E-state index in [9.17, 15) is 0 Å². The van der Waals surface area contributed by atoms with Crippen LogP contribution < -0.4 is 15.5 Å². The van der Waals surface area contributed by atoms with E-state index in [0.29, 0.717) is 11.3 Å². The topological polar surface area (TPSA) is 61.8 Å². The van der Waals surface area contributed by atoms with Crippen molar-refractivity contribution in [3.63, 3.8) is 0 Å². The first-order valence-corrected chi connectivity index (χ1v) is 11.0. The molecule has 0 aromatic carbocycles. The molecule has 2 N–H and O–H groups in total. The highest BCUT2D eigenvalue weighted by atomic mass is 127. The molecule has 2 saturated heterocycles. The number of aliphatic imine (C=N–C) groups is 1. The van der Waals surface area contributed by atoms with E-state index in [-0.39, 0.29) is 30.1 Å². The van der Waals surface area contributed by atoms with Crippen LogP contribution in [0.5, 0.6) is 0 Å². The van der Waals surface area contributed by atoms with Gasteiger partial charge in [0.2, 0.25) is 0 Å². The van der Waals surface area contributed by atoms with Crippen molar-refractivity contribution < 1.29 is 4.74 Å². The molecule has 0 saturated carbocycles. The number of hydrogen-bond acceptors (Lipinski definition) is 5. The van der Waals surface area contributed by atoms with Crippen LogP contribution >= 0.6 is 35.7 Å². The summed E-state index contributed by atoms with van der Waals surface area (Å²) in [6, 6.07) is 4.20.